The van der Waals surface area contributed by atoms with Crippen LogP contribution in [0.3, 0.4) is 0 Å². The Morgan fingerprint density at radius 3 is 2.50 bits per heavy atom. The molecular weight excluding hydrogens is 219 g/mol. The molecule has 0 aromatic heterocycles. The van der Waals surface area contributed by atoms with Gasteiger partial charge in [0.05, 0.1) is 17.2 Å². The molecule has 2 nitrogen and oxygen atoms in total. The fourth-order valence-corrected chi connectivity index (χ4v) is 1.02. The van der Waals surface area contributed by atoms with Crippen LogP contribution in [0, 0.1) is 23.4 Å². The zero-order valence-electron chi connectivity index (χ0n) is 8.22. The van der Waals surface area contributed by atoms with Crippen LogP contribution in [0.1, 0.15) is 18.1 Å². The molecule has 0 aliphatic rings. The van der Waals surface area contributed by atoms with Gasteiger partial charge in [0.2, 0.25) is 0 Å². The Morgan fingerprint density at radius 2 is 2.00 bits per heavy atom. The van der Waals surface area contributed by atoms with Crippen LogP contribution in [0.25, 0.3) is 0 Å². The van der Waals surface area contributed by atoms with Crippen molar-refractivity contribution < 1.29 is 17.9 Å². The van der Waals surface area contributed by atoms with E-state index >= 15 is 0 Å². The van der Waals surface area contributed by atoms with Gasteiger partial charge in [0.15, 0.2) is 5.75 Å². The van der Waals surface area contributed by atoms with Crippen LogP contribution in [0.5, 0.6) is 5.75 Å². The molecule has 0 atom stereocenters. The standard InChI is InChI=1S/C11H6F3NO/c1-2-5-16-10-6-8(7-15)3-4-9(10)11(12,13)14/h3-4,6H,1H3. The van der Waals surface area contributed by atoms with Gasteiger partial charge in [-0.15, -0.1) is 0 Å². The van der Waals surface area contributed by atoms with E-state index in [1.54, 1.807) is 6.07 Å². The number of benzene rings is 1. The molecule has 0 amide bonds. The summed E-state index contributed by atoms with van der Waals surface area (Å²) in [5.41, 5.74) is -0.866. The predicted octanol–water partition coefficient (Wildman–Crippen LogP) is 2.94. The van der Waals surface area contributed by atoms with Crippen molar-refractivity contribution in [3.63, 3.8) is 0 Å². The van der Waals surface area contributed by atoms with Crippen LogP contribution in [0.15, 0.2) is 18.2 Å². The minimum absolute atomic E-state index is 0.0842. The highest BCUT2D eigenvalue weighted by atomic mass is 19.4. The molecule has 0 radical (unpaired) electrons. The molecule has 0 unspecified atom stereocenters. The molecule has 82 valence electrons. The summed E-state index contributed by atoms with van der Waals surface area (Å²) in [6.07, 6.45) is -2.46. The van der Waals surface area contributed by atoms with Crippen LogP contribution < -0.4 is 4.74 Å². The monoisotopic (exact) mass is 225 g/mol. The van der Waals surface area contributed by atoms with Gasteiger partial charge in [0.25, 0.3) is 0 Å². The maximum atomic E-state index is 12.5. The molecule has 0 fully saturated rings. The second-order valence-electron chi connectivity index (χ2n) is 2.77. The zero-order valence-corrected chi connectivity index (χ0v) is 8.22. The van der Waals surface area contributed by atoms with Gasteiger partial charge in [-0.1, -0.05) is 5.92 Å². The number of rotatable bonds is 1. The first-order valence-corrected chi connectivity index (χ1v) is 4.19. The number of hydrogen-bond acceptors (Lipinski definition) is 2. The molecule has 0 spiro atoms. The Labute approximate surface area is 90.3 Å². The fourth-order valence-electron chi connectivity index (χ4n) is 1.02. The summed E-state index contributed by atoms with van der Waals surface area (Å²) in [5.74, 6) is 1.85. The zero-order chi connectivity index (χ0) is 12.2. The number of halogens is 3. The predicted molar refractivity (Wildman–Crippen MR) is 50.2 cm³/mol. The van der Waals surface area contributed by atoms with Crippen molar-refractivity contribution in [1.82, 2.24) is 0 Å². The molecule has 1 rings (SSSR count). The summed E-state index contributed by atoms with van der Waals surface area (Å²) in [7, 11) is 0. The average molecular weight is 225 g/mol. The van der Waals surface area contributed by atoms with Crippen LogP contribution in [-0.4, -0.2) is 0 Å². The molecule has 1 aromatic rings. The van der Waals surface area contributed by atoms with Gasteiger partial charge < -0.3 is 4.74 Å². The quantitative estimate of drug-likeness (QED) is 0.688. The summed E-state index contributed by atoms with van der Waals surface area (Å²) in [4.78, 5) is 0. The lowest BCUT2D eigenvalue weighted by atomic mass is 10.1. The Balaban J connectivity index is 3.26. The minimum Gasteiger partial charge on any atom is -0.407 e. The van der Waals surface area contributed by atoms with Crippen molar-refractivity contribution in [1.29, 1.82) is 5.26 Å². The van der Waals surface area contributed by atoms with E-state index in [0.717, 1.165) is 18.2 Å². The molecule has 16 heavy (non-hydrogen) atoms. The van der Waals surface area contributed by atoms with Crippen molar-refractivity contribution in [3.8, 4) is 23.8 Å². The third-order valence-corrected chi connectivity index (χ3v) is 1.68. The summed E-state index contributed by atoms with van der Waals surface area (Å²) < 4.78 is 42.1. The maximum absolute atomic E-state index is 12.5. The number of nitrogens with zero attached hydrogens (tertiary/aromatic N) is 1. The number of hydrogen-bond donors (Lipinski definition) is 0. The van der Waals surface area contributed by atoms with E-state index < -0.39 is 17.5 Å². The van der Waals surface area contributed by atoms with Gasteiger partial charge in [0, 0.05) is 13.0 Å². The molecule has 5 heteroatoms. The van der Waals surface area contributed by atoms with E-state index in [0.29, 0.717) is 0 Å². The smallest absolute Gasteiger partial charge is 0.407 e. The van der Waals surface area contributed by atoms with Crippen molar-refractivity contribution in [2.45, 2.75) is 13.1 Å². The molecule has 0 saturated heterocycles. The molecule has 0 N–H and O–H groups in total. The highest BCUT2D eigenvalue weighted by Gasteiger charge is 2.34. The Morgan fingerprint density at radius 1 is 1.31 bits per heavy atom. The van der Waals surface area contributed by atoms with E-state index in [1.807, 2.05) is 0 Å². The third-order valence-electron chi connectivity index (χ3n) is 1.68. The largest absolute Gasteiger partial charge is 0.420 e. The van der Waals surface area contributed by atoms with Gasteiger partial charge >= 0.3 is 6.18 Å². The van der Waals surface area contributed by atoms with Gasteiger partial charge in [0.1, 0.15) is 6.11 Å². The van der Waals surface area contributed by atoms with Crippen molar-refractivity contribution in [2.75, 3.05) is 0 Å². The first-order chi connectivity index (χ1) is 7.49. The molecule has 0 bridgehead atoms. The lowest BCUT2D eigenvalue weighted by molar-refractivity contribution is -0.138. The van der Waals surface area contributed by atoms with E-state index in [-0.39, 0.29) is 5.56 Å². The first kappa shape index (κ1) is 11.9. The lowest BCUT2D eigenvalue weighted by Crippen LogP contribution is -2.07. The van der Waals surface area contributed by atoms with Crippen molar-refractivity contribution in [2.24, 2.45) is 0 Å². The number of alkyl halides is 3. The van der Waals surface area contributed by atoms with Gasteiger partial charge in [-0.05, 0) is 12.1 Å². The van der Waals surface area contributed by atoms with E-state index in [4.69, 9.17) is 5.26 Å². The Kier molecular flexibility index (Phi) is 3.42. The van der Waals surface area contributed by atoms with Crippen LogP contribution >= 0.6 is 0 Å². The number of ether oxygens (including phenoxy) is 1. The van der Waals surface area contributed by atoms with E-state index in [2.05, 4.69) is 16.8 Å². The molecule has 0 aliphatic heterocycles. The Hall–Kier alpha value is -2.14. The fraction of sp³-hybridized carbons (Fsp3) is 0.182. The summed E-state index contributed by atoms with van der Waals surface area (Å²) in [6.45, 7) is 1.43. The maximum Gasteiger partial charge on any atom is 0.420 e. The second-order valence-corrected chi connectivity index (χ2v) is 2.77. The van der Waals surface area contributed by atoms with Gasteiger partial charge in [-0.3, -0.25) is 0 Å². The van der Waals surface area contributed by atoms with E-state index in [9.17, 15) is 13.2 Å². The van der Waals surface area contributed by atoms with Crippen LogP contribution in [0.4, 0.5) is 13.2 Å². The topological polar surface area (TPSA) is 33.0 Å². The minimum atomic E-state index is -4.53. The van der Waals surface area contributed by atoms with Gasteiger partial charge in [-0.2, -0.15) is 18.4 Å². The van der Waals surface area contributed by atoms with Crippen LogP contribution in [0.2, 0.25) is 0 Å². The van der Waals surface area contributed by atoms with Gasteiger partial charge in [-0.25, -0.2) is 0 Å². The molecule has 0 aliphatic carbocycles. The third kappa shape index (κ3) is 2.68. The normalized spacial score (nSPS) is 9.94. The highest BCUT2D eigenvalue weighted by Crippen LogP contribution is 2.36. The summed E-state index contributed by atoms with van der Waals surface area (Å²) >= 11 is 0. The lowest BCUT2D eigenvalue weighted by Gasteiger charge is -2.10. The number of nitriles is 1. The van der Waals surface area contributed by atoms with Crippen molar-refractivity contribution in [3.05, 3.63) is 29.3 Å². The molecule has 1 aromatic carbocycles. The summed E-state index contributed by atoms with van der Waals surface area (Å²) in [6, 6.07) is 4.61. The highest BCUT2D eigenvalue weighted by molar-refractivity contribution is 5.44. The molecule has 0 heterocycles. The van der Waals surface area contributed by atoms with Crippen molar-refractivity contribution >= 4 is 0 Å². The molecular formula is C11H6F3NO. The Bertz CT molecular complexity index is 489. The SMILES string of the molecule is CC#COc1cc(C#N)ccc1C(F)(F)F. The first-order valence-electron chi connectivity index (χ1n) is 4.19. The molecule has 0 saturated carbocycles. The summed E-state index contributed by atoms with van der Waals surface area (Å²) in [5, 5.41) is 8.56. The average Bonchev–Trinajstić information content (AvgIpc) is 2.24. The van der Waals surface area contributed by atoms with E-state index in [1.165, 1.54) is 6.92 Å². The van der Waals surface area contributed by atoms with Crippen LogP contribution in [-0.2, 0) is 6.18 Å². The second kappa shape index (κ2) is 4.59.